The largest absolute Gasteiger partial charge is 0.508 e. The Morgan fingerprint density at radius 1 is 1.05 bits per heavy atom. The van der Waals surface area contributed by atoms with Gasteiger partial charge in [0.2, 0.25) is 11.8 Å². The Balaban J connectivity index is 2.52. The van der Waals surface area contributed by atoms with E-state index in [2.05, 4.69) is 10.6 Å². The first-order valence-corrected chi connectivity index (χ1v) is 12.7. The zero-order valence-corrected chi connectivity index (χ0v) is 23.0. The second kappa shape index (κ2) is 14.0. The van der Waals surface area contributed by atoms with Crippen LogP contribution in [0.2, 0.25) is 0 Å². The van der Waals surface area contributed by atoms with Crippen LogP contribution in [0.3, 0.4) is 0 Å². The molecule has 11 nitrogen and oxygen atoms in total. The number of unbranched alkanes of at least 4 members (excludes halogenated alkanes) is 1. The van der Waals surface area contributed by atoms with Crippen LogP contribution < -0.4 is 21.1 Å². The van der Waals surface area contributed by atoms with Crippen LogP contribution in [0.25, 0.3) is 0 Å². The van der Waals surface area contributed by atoms with Crippen LogP contribution in [0.5, 0.6) is 11.5 Å². The van der Waals surface area contributed by atoms with Gasteiger partial charge in [0, 0.05) is 17.8 Å². The molecule has 0 saturated heterocycles. The monoisotopic (exact) mass is 542 g/mol. The summed E-state index contributed by atoms with van der Waals surface area (Å²) >= 11 is 0. The molecule has 2 unspecified atom stereocenters. The number of phenols is 1. The SMILES string of the molecule is CCCCN(C(=O)C(CC(N)=O)NC(=O)OC(C)(C)C)C(C(=O)Nc1ccc(OC)cc1)c1ccccc1O. The Labute approximate surface area is 228 Å². The second-order valence-electron chi connectivity index (χ2n) is 9.93. The van der Waals surface area contributed by atoms with Gasteiger partial charge in [-0.3, -0.25) is 14.4 Å². The molecule has 39 heavy (non-hydrogen) atoms. The molecule has 2 atom stereocenters. The first kappa shape index (κ1) is 30.9. The number of alkyl carbamates (subject to hydrolysis) is 1. The number of methoxy groups -OCH3 is 1. The van der Waals surface area contributed by atoms with E-state index in [1.54, 1.807) is 57.2 Å². The quantitative estimate of drug-likeness (QED) is 0.319. The average molecular weight is 543 g/mol. The summed E-state index contributed by atoms with van der Waals surface area (Å²) in [6.07, 6.45) is -0.258. The zero-order valence-electron chi connectivity index (χ0n) is 23.0. The van der Waals surface area contributed by atoms with Gasteiger partial charge in [-0.1, -0.05) is 31.5 Å². The lowest BCUT2D eigenvalue weighted by Gasteiger charge is -2.34. The summed E-state index contributed by atoms with van der Waals surface area (Å²) in [5.41, 5.74) is 5.15. The highest BCUT2D eigenvalue weighted by molar-refractivity contribution is 6.00. The Kier molecular flexibility index (Phi) is 11.1. The highest BCUT2D eigenvalue weighted by atomic mass is 16.6. The van der Waals surface area contributed by atoms with Crippen LogP contribution in [-0.4, -0.2) is 59.1 Å². The number of carbonyl (C=O) groups is 4. The molecule has 2 aromatic rings. The van der Waals surface area contributed by atoms with E-state index in [-0.39, 0.29) is 17.9 Å². The van der Waals surface area contributed by atoms with Gasteiger partial charge in [0.25, 0.3) is 5.91 Å². The zero-order chi connectivity index (χ0) is 29.2. The van der Waals surface area contributed by atoms with Crippen molar-refractivity contribution in [3.8, 4) is 11.5 Å². The number of carbonyl (C=O) groups excluding carboxylic acids is 4. The number of ether oxygens (including phenoxy) is 2. The number of benzene rings is 2. The summed E-state index contributed by atoms with van der Waals surface area (Å²) in [5, 5.41) is 15.9. The van der Waals surface area contributed by atoms with E-state index in [1.165, 1.54) is 24.1 Å². The predicted molar refractivity (Wildman–Crippen MR) is 146 cm³/mol. The topological polar surface area (TPSA) is 160 Å². The van der Waals surface area contributed by atoms with E-state index < -0.39 is 47.9 Å². The molecule has 0 aliphatic heterocycles. The maximum atomic E-state index is 13.9. The molecule has 0 aliphatic rings. The number of hydrogen-bond donors (Lipinski definition) is 4. The molecule has 0 heterocycles. The maximum absolute atomic E-state index is 13.9. The van der Waals surface area contributed by atoms with E-state index in [0.717, 1.165) is 0 Å². The molecule has 0 bridgehead atoms. The van der Waals surface area contributed by atoms with Crippen molar-refractivity contribution in [3.63, 3.8) is 0 Å². The average Bonchev–Trinajstić information content (AvgIpc) is 2.85. The minimum Gasteiger partial charge on any atom is -0.508 e. The number of nitrogens with one attached hydrogen (secondary N) is 2. The lowest BCUT2D eigenvalue weighted by molar-refractivity contribution is -0.142. The Bertz CT molecular complexity index is 1150. The molecule has 2 rings (SSSR count). The van der Waals surface area contributed by atoms with Crippen LogP contribution in [0.1, 0.15) is 58.6 Å². The molecule has 0 aliphatic carbocycles. The summed E-state index contributed by atoms with van der Waals surface area (Å²) in [6, 6.07) is 10.1. The number of nitrogens with two attached hydrogens (primary N) is 1. The molecular weight excluding hydrogens is 504 g/mol. The third-order valence-corrected chi connectivity index (χ3v) is 5.58. The molecule has 2 aromatic carbocycles. The van der Waals surface area contributed by atoms with Crippen molar-refractivity contribution in [2.75, 3.05) is 19.0 Å². The second-order valence-corrected chi connectivity index (χ2v) is 9.93. The summed E-state index contributed by atoms with van der Waals surface area (Å²) in [5.74, 6) is -1.78. The lowest BCUT2D eigenvalue weighted by atomic mass is 10.0. The number of rotatable bonds is 12. The lowest BCUT2D eigenvalue weighted by Crippen LogP contribution is -2.53. The molecule has 4 amide bonds. The fraction of sp³-hybridized carbons (Fsp3) is 0.429. The minimum atomic E-state index is -1.41. The smallest absolute Gasteiger partial charge is 0.408 e. The molecule has 212 valence electrons. The standard InChI is InChI=1S/C28H38N4O7/c1-6-7-16-32(26(36)21(17-23(29)34)31-27(37)39-28(2,3)4)24(20-10-8-9-11-22(20)33)25(35)30-18-12-14-19(38-5)15-13-18/h8-15,21,24,33H,6-7,16-17H2,1-5H3,(H2,29,34)(H,30,35)(H,31,37). The first-order chi connectivity index (χ1) is 18.4. The third kappa shape index (κ3) is 9.51. The fourth-order valence-electron chi connectivity index (χ4n) is 3.80. The van der Waals surface area contributed by atoms with Gasteiger partial charge in [-0.15, -0.1) is 0 Å². The summed E-state index contributed by atoms with van der Waals surface area (Å²) in [4.78, 5) is 53.3. The summed E-state index contributed by atoms with van der Waals surface area (Å²) in [6.45, 7) is 6.97. The first-order valence-electron chi connectivity index (χ1n) is 12.7. The van der Waals surface area contributed by atoms with Gasteiger partial charge >= 0.3 is 6.09 Å². The number of primary amides is 1. The molecular formula is C28H38N4O7. The highest BCUT2D eigenvalue weighted by Crippen LogP contribution is 2.31. The Hall–Kier alpha value is -4.28. The van der Waals surface area contributed by atoms with E-state index in [0.29, 0.717) is 24.3 Å². The molecule has 11 heteroatoms. The predicted octanol–water partition coefficient (Wildman–Crippen LogP) is 3.48. The van der Waals surface area contributed by atoms with Crippen molar-refractivity contribution >= 4 is 29.5 Å². The third-order valence-electron chi connectivity index (χ3n) is 5.58. The van der Waals surface area contributed by atoms with Crippen molar-refractivity contribution in [1.82, 2.24) is 10.2 Å². The van der Waals surface area contributed by atoms with Crippen LogP contribution in [0.15, 0.2) is 48.5 Å². The minimum absolute atomic E-state index is 0.0929. The van der Waals surface area contributed by atoms with E-state index >= 15 is 0 Å². The number of anilines is 1. The van der Waals surface area contributed by atoms with Crippen molar-refractivity contribution in [1.29, 1.82) is 0 Å². The fourth-order valence-corrected chi connectivity index (χ4v) is 3.80. The van der Waals surface area contributed by atoms with E-state index in [1.807, 2.05) is 6.92 Å². The molecule has 0 aromatic heterocycles. The van der Waals surface area contributed by atoms with Gasteiger partial charge in [-0.05, 0) is 57.5 Å². The van der Waals surface area contributed by atoms with Crippen molar-refractivity contribution in [2.24, 2.45) is 5.73 Å². The van der Waals surface area contributed by atoms with E-state index in [9.17, 15) is 24.3 Å². The molecule has 0 fully saturated rings. The Morgan fingerprint density at radius 2 is 1.69 bits per heavy atom. The van der Waals surface area contributed by atoms with Crippen LogP contribution >= 0.6 is 0 Å². The van der Waals surface area contributed by atoms with Gasteiger partial charge in [-0.25, -0.2) is 4.79 Å². The normalized spacial score (nSPS) is 12.5. The number of nitrogens with zero attached hydrogens (tertiary/aromatic N) is 1. The van der Waals surface area contributed by atoms with Gasteiger partial charge in [0.15, 0.2) is 0 Å². The van der Waals surface area contributed by atoms with Crippen LogP contribution in [-0.2, 0) is 19.1 Å². The molecule has 5 N–H and O–H groups in total. The van der Waals surface area contributed by atoms with Gasteiger partial charge in [0.1, 0.15) is 29.2 Å². The van der Waals surface area contributed by atoms with Gasteiger partial charge in [0.05, 0.1) is 13.5 Å². The van der Waals surface area contributed by atoms with Crippen molar-refractivity contribution in [3.05, 3.63) is 54.1 Å². The van der Waals surface area contributed by atoms with E-state index in [4.69, 9.17) is 15.2 Å². The number of hydrogen-bond acceptors (Lipinski definition) is 7. The highest BCUT2D eigenvalue weighted by Gasteiger charge is 2.37. The maximum Gasteiger partial charge on any atom is 0.408 e. The van der Waals surface area contributed by atoms with Gasteiger partial charge < -0.3 is 35.8 Å². The van der Waals surface area contributed by atoms with Crippen LogP contribution in [0, 0.1) is 0 Å². The number of amides is 4. The molecule has 0 spiro atoms. The molecule has 0 radical (unpaired) electrons. The molecule has 0 saturated carbocycles. The summed E-state index contributed by atoms with van der Waals surface area (Å²) in [7, 11) is 1.52. The number of phenolic OH excluding ortho intramolecular Hbond substituents is 1. The van der Waals surface area contributed by atoms with Gasteiger partial charge in [-0.2, -0.15) is 0 Å². The number of aromatic hydroxyl groups is 1. The summed E-state index contributed by atoms with van der Waals surface area (Å²) < 4.78 is 10.4. The van der Waals surface area contributed by atoms with Crippen molar-refractivity contribution in [2.45, 2.75) is 64.6 Å². The Morgan fingerprint density at radius 3 is 2.23 bits per heavy atom. The van der Waals surface area contributed by atoms with Crippen LogP contribution in [0.4, 0.5) is 10.5 Å². The van der Waals surface area contributed by atoms with Crippen molar-refractivity contribution < 1.29 is 33.8 Å². The number of para-hydroxylation sites is 1.